The van der Waals surface area contributed by atoms with Crippen molar-refractivity contribution in [1.29, 1.82) is 0 Å². The number of aromatic nitrogens is 2. The Kier molecular flexibility index (Phi) is 6.97. The molecule has 1 aliphatic heterocycles. The number of halogens is 2. The monoisotopic (exact) mass is 429 g/mol. The van der Waals surface area contributed by atoms with Crippen LogP contribution in [0.15, 0.2) is 27.6 Å². The van der Waals surface area contributed by atoms with Gasteiger partial charge < -0.3 is 9.26 Å². The Morgan fingerprint density at radius 3 is 2.62 bits per heavy atom. The van der Waals surface area contributed by atoms with E-state index in [0.29, 0.717) is 49.6 Å². The van der Waals surface area contributed by atoms with Gasteiger partial charge in [-0.25, -0.2) is 17.2 Å². The van der Waals surface area contributed by atoms with Gasteiger partial charge in [-0.1, -0.05) is 19.0 Å². The minimum atomic E-state index is -3.86. The molecule has 0 spiro atoms. The number of nitrogens with zero attached hydrogens (tertiary/aromatic N) is 3. The molecule has 29 heavy (non-hydrogen) atoms. The smallest absolute Gasteiger partial charge is 0.243 e. The topological polar surface area (TPSA) is 85.5 Å². The van der Waals surface area contributed by atoms with Gasteiger partial charge in [0.1, 0.15) is 0 Å². The second kappa shape index (κ2) is 9.27. The van der Waals surface area contributed by atoms with Gasteiger partial charge in [0.2, 0.25) is 15.9 Å². The number of benzene rings is 1. The predicted molar refractivity (Wildman–Crippen MR) is 101 cm³/mol. The van der Waals surface area contributed by atoms with Gasteiger partial charge in [-0.15, -0.1) is 0 Å². The largest absolute Gasteiger partial charge is 0.378 e. The van der Waals surface area contributed by atoms with E-state index < -0.39 is 21.7 Å². The van der Waals surface area contributed by atoms with Gasteiger partial charge in [-0.05, 0) is 37.0 Å². The van der Waals surface area contributed by atoms with Crippen LogP contribution in [0.2, 0.25) is 0 Å². The van der Waals surface area contributed by atoms with Crippen molar-refractivity contribution in [2.45, 2.75) is 50.5 Å². The first kappa shape index (κ1) is 21.8. The van der Waals surface area contributed by atoms with Gasteiger partial charge in [-0.3, -0.25) is 0 Å². The molecule has 0 unspecified atom stereocenters. The molecule has 0 aliphatic carbocycles. The summed E-state index contributed by atoms with van der Waals surface area (Å²) in [7, 11) is -3.86. The minimum absolute atomic E-state index is 0.0755. The molecule has 2 aromatic rings. The normalized spacial score (nSPS) is 16.6. The average Bonchev–Trinajstić information content (AvgIpc) is 3.11. The molecular weight excluding hydrogens is 404 g/mol. The molecule has 2 heterocycles. The van der Waals surface area contributed by atoms with Crippen LogP contribution in [0.25, 0.3) is 0 Å². The summed E-state index contributed by atoms with van der Waals surface area (Å²) in [6, 6.07) is 2.61. The molecule has 0 radical (unpaired) electrons. The zero-order chi connectivity index (χ0) is 21.0. The molecule has 0 N–H and O–H groups in total. The molecule has 0 atom stereocenters. The summed E-state index contributed by atoms with van der Waals surface area (Å²) in [5.74, 6) is -0.603. The van der Waals surface area contributed by atoms with E-state index in [1.165, 1.54) is 4.31 Å². The predicted octanol–water partition coefficient (Wildman–Crippen LogP) is 2.96. The van der Waals surface area contributed by atoms with E-state index in [1.54, 1.807) is 0 Å². The SMILES string of the molecule is CC(C)Cc1nc(CCOC2CCN(S(=O)(=O)c3ccc(F)c(F)c3)CC2)no1. The summed E-state index contributed by atoms with van der Waals surface area (Å²) in [6.45, 7) is 5.08. The van der Waals surface area contributed by atoms with Crippen LogP contribution in [0.4, 0.5) is 8.78 Å². The highest BCUT2D eigenvalue weighted by molar-refractivity contribution is 7.89. The van der Waals surface area contributed by atoms with Gasteiger partial charge in [0.15, 0.2) is 17.5 Å². The quantitative estimate of drug-likeness (QED) is 0.641. The van der Waals surface area contributed by atoms with Gasteiger partial charge >= 0.3 is 0 Å². The summed E-state index contributed by atoms with van der Waals surface area (Å²) in [5.41, 5.74) is 0. The number of sulfonamides is 1. The molecule has 3 rings (SSSR count). The van der Waals surface area contributed by atoms with Crippen LogP contribution in [0.1, 0.15) is 38.4 Å². The molecule has 1 aromatic carbocycles. The zero-order valence-corrected chi connectivity index (χ0v) is 17.3. The highest BCUT2D eigenvalue weighted by Crippen LogP contribution is 2.23. The van der Waals surface area contributed by atoms with Crippen molar-refractivity contribution in [2.75, 3.05) is 19.7 Å². The lowest BCUT2D eigenvalue weighted by molar-refractivity contribution is 0.0222. The third kappa shape index (κ3) is 5.58. The maximum Gasteiger partial charge on any atom is 0.243 e. The van der Waals surface area contributed by atoms with Crippen LogP contribution >= 0.6 is 0 Å². The Morgan fingerprint density at radius 2 is 1.97 bits per heavy atom. The highest BCUT2D eigenvalue weighted by atomic mass is 32.2. The lowest BCUT2D eigenvalue weighted by Crippen LogP contribution is -2.41. The van der Waals surface area contributed by atoms with E-state index in [2.05, 4.69) is 24.0 Å². The van der Waals surface area contributed by atoms with E-state index in [-0.39, 0.29) is 24.1 Å². The van der Waals surface area contributed by atoms with Crippen molar-refractivity contribution < 1.29 is 26.5 Å². The number of piperidine rings is 1. The van der Waals surface area contributed by atoms with E-state index >= 15 is 0 Å². The fourth-order valence-corrected chi connectivity index (χ4v) is 4.65. The van der Waals surface area contributed by atoms with Crippen molar-refractivity contribution in [1.82, 2.24) is 14.4 Å². The first-order valence-electron chi connectivity index (χ1n) is 9.64. The molecule has 1 aliphatic rings. The van der Waals surface area contributed by atoms with Crippen LogP contribution < -0.4 is 0 Å². The summed E-state index contributed by atoms with van der Waals surface area (Å²) >= 11 is 0. The molecular formula is C19H25F2N3O4S. The summed E-state index contributed by atoms with van der Waals surface area (Å²) < 4.78 is 63.9. The zero-order valence-electron chi connectivity index (χ0n) is 16.5. The first-order valence-corrected chi connectivity index (χ1v) is 11.1. The molecule has 1 fully saturated rings. The summed E-state index contributed by atoms with van der Waals surface area (Å²) in [4.78, 5) is 4.08. The molecule has 10 heteroatoms. The third-order valence-corrected chi connectivity index (χ3v) is 6.60. The Bertz CT molecular complexity index is 925. The standard InChI is InChI=1S/C19H25F2N3O4S/c1-13(2)11-19-22-18(23-28-19)7-10-27-14-5-8-24(9-6-14)29(25,26)15-3-4-16(20)17(21)12-15/h3-4,12-14H,5-11H2,1-2H3. The first-order chi connectivity index (χ1) is 13.8. The molecule has 1 saturated heterocycles. The van der Waals surface area contributed by atoms with Crippen LogP contribution in [-0.4, -0.2) is 48.7 Å². The number of hydrogen-bond donors (Lipinski definition) is 0. The molecule has 0 saturated carbocycles. The summed E-state index contributed by atoms with van der Waals surface area (Å²) in [5, 5.41) is 3.93. The molecule has 1 aromatic heterocycles. The molecule has 0 amide bonds. The maximum absolute atomic E-state index is 13.4. The van der Waals surface area contributed by atoms with Gasteiger partial charge in [0, 0.05) is 25.9 Å². The van der Waals surface area contributed by atoms with E-state index in [1.807, 2.05) is 0 Å². The second-order valence-corrected chi connectivity index (χ2v) is 9.44. The number of rotatable bonds is 8. The van der Waals surface area contributed by atoms with Crippen LogP contribution in [-0.2, 0) is 27.6 Å². The maximum atomic E-state index is 13.4. The van der Waals surface area contributed by atoms with E-state index in [4.69, 9.17) is 9.26 Å². The van der Waals surface area contributed by atoms with Crippen LogP contribution in [0.5, 0.6) is 0 Å². The minimum Gasteiger partial charge on any atom is -0.378 e. The Hall–Kier alpha value is -1.91. The van der Waals surface area contributed by atoms with Crippen molar-refractivity contribution in [3.05, 3.63) is 41.5 Å². The number of hydrogen-bond acceptors (Lipinski definition) is 6. The Balaban J connectivity index is 1.46. The molecule has 0 bridgehead atoms. The fraction of sp³-hybridized carbons (Fsp3) is 0.579. The van der Waals surface area contributed by atoms with E-state index in [0.717, 1.165) is 18.6 Å². The summed E-state index contributed by atoms with van der Waals surface area (Å²) in [6.07, 6.45) is 2.23. The van der Waals surface area contributed by atoms with Gasteiger partial charge in [0.05, 0.1) is 17.6 Å². The highest BCUT2D eigenvalue weighted by Gasteiger charge is 2.30. The lowest BCUT2D eigenvalue weighted by atomic mass is 10.1. The lowest BCUT2D eigenvalue weighted by Gasteiger charge is -2.31. The van der Waals surface area contributed by atoms with Crippen LogP contribution in [0.3, 0.4) is 0 Å². The van der Waals surface area contributed by atoms with Crippen molar-refractivity contribution in [2.24, 2.45) is 5.92 Å². The van der Waals surface area contributed by atoms with Crippen LogP contribution in [0, 0.1) is 17.6 Å². The van der Waals surface area contributed by atoms with Crippen molar-refractivity contribution in [3.63, 3.8) is 0 Å². The van der Waals surface area contributed by atoms with Gasteiger partial charge in [-0.2, -0.15) is 9.29 Å². The van der Waals surface area contributed by atoms with Crippen molar-refractivity contribution in [3.8, 4) is 0 Å². The molecule has 160 valence electrons. The third-order valence-electron chi connectivity index (χ3n) is 4.70. The number of ether oxygens (including phenoxy) is 1. The van der Waals surface area contributed by atoms with Crippen molar-refractivity contribution >= 4 is 10.0 Å². The van der Waals surface area contributed by atoms with E-state index in [9.17, 15) is 17.2 Å². The Labute approximate surface area is 169 Å². The van der Waals surface area contributed by atoms with Gasteiger partial charge in [0.25, 0.3) is 0 Å². The Morgan fingerprint density at radius 1 is 1.24 bits per heavy atom. The average molecular weight is 429 g/mol. The molecule has 7 nitrogen and oxygen atoms in total. The second-order valence-electron chi connectivity index (χ2n) is 7.50. The fourth-order valence-electron chi connectivity index (χ4n) is 3.17.